The SMILES string of the molecule is N#Cc1cccc(S(=O)(=O)NCCNC(=O)c2ccco2)c1. The van der Waals surface area contributed by atoms with Crippen LogP contribution in [0.25, 0.3) is 0 Å². The van der Waals surface area contributed by atoms with E-state index in [1.54, 1.807) is 6.07 Å². The van der Waals surface area contributed by atoms with Gasteiger partial charge in [0.2, 0.25) is 10.0 Å². The van der Waals surface area contributed by atoms with Gasteiger partial charge in [-0.3, -0.25) is 4.79 Å². The molecule has 0 bridgehead atoms. The quantitative estimate of drug-likeness (QED) is 0.767. The fraction of sp³-hybridized carbons (Fsp3) is 0.143. The number of nitrogens with one attached hydrogen (secondary N) is 2. The third-order valence-electron chi connectivity index (χ3n) is 2.72. The molecule has 0 fully saturated rings. The van der Waals surface area contributed by atoms with E-state index >= 15 is 0 Å². The number of rotatable bonds is 6. The number of hydrogen-bond donors (Lipinski definition) is 2. The van der Waals surface area contributed by atoms with Gasteiger partial charge in [-0.25, -0.2) is 13.1 Å². The van der Waals surface area contributed by atoms with E-state index in [0.29, 0.717) is 0 Å². The second-order valence-electron chi connectivity index (χ2n) is 4.27. The third-order valence-corrected chi connectivity index (χ3v) is 4.18. The van der Waals surface area contributed by atoms with Crippen LogP contribution in [0.4, 0.5) is 0 Å². The molecule has 8 heteroatoms. The van der Waals surface area contributed by atoms with Gasteiger partial charge < -0.3 is 9.73 Å². The smallest absolute Gasteiger partial charge is 0.287 e. The summed E-state index contributed by atoms with van der Waals surface area (Å²) in [5.74, 6) is -0.264. The van der Waals surface area contributed by atoms with Gasteiger partial charge in [-0.2, -0.15) is 5.26 Å². The van der Waals surface area contributed by atoms with Crippen molar-refractivity contribution in [2.24, 2.45) is 0 Å². The zero-order valence-corrected chi connectivity index (χ0v) is 12.3. The van der Waals surface area contributed by atoms with Crippen molar-refractivity contribution < 1.29 is 17.6 Å². The van der Waals surface area contributed by atoms with Crippen LogP contribution in [0.1, 0.15) is 16.1 Å². The summed E-state index contributed by atoms with van der Waals surface area (Å²) in [6.07, 6.45) is 1.37. The molecule has 22 heavy (non-hydrogen) atoms. The third kappa shape index (κ3) is 3.94. The van der Waals surface area contributed by atoms with Crippen molar-refractivity contribution in [2.75, 3.05) is 13.1 Å². The van der Waals surface area contributed by atoms with Crippen molar-refractivity contribution in [3.8, 4) is 6.07 Å². The Morgan fingerprint density at radius 3 is 2.73 bits per heavy atom. The van der Waals surface area contributed by atoms with E-state index < -0.39 is 15.9 Å². The minimum Gasteiger partial charge on any atom is -0.459 e. The van der Waals surface area contributed by atoms with Crippen LogP contribution in [0.15, 0.2) is 52.0 Å². The summed E-state index contributed by atoms with van der Waals surface area (Å²) in [5, 5.41) is 11.3. The maximum absolute atomic E-state index is 12.0. The van der Waals surface area contributed by atoms with Crippen molar-refractivity contribution in [3.05, 3.63) is 54.0 Å². The number of sulfonamides is 1. The Kier molecular flexibility index (Phi) is 4.93. The Labute approximate surface area is 127 Å². The Balaban J connectivity index is 1.88. The summed E-state index contributed by atoms with van der Waals surface area (Å²) >= 11 is 0. The number of hydrogen-bond acceptors (Lipinski definition) is 5. The monoisotopic (exact) mass is 319 g/mol. The Hall–Kier alpha value is -2.63. The second-order valence-corrected chi connectivity index (χ2v) is 6.04. The van der Waals surface area contributed by atoms with Crippen LogP contribution >= 0.6 is 0 Å². The molecule has 114 valence electrons. The van der Waals surface area contributed by atoms with Gasteiger partial charge in [0.15, 0.2) is 5.76 Å². The molecule has 1 aromatic carbocycles. The number of amides is 1. The Morgan fingerprint density at radius 1 is 1.23 bits per heavy atom. The average Bonchev–Trinajstić information content (AvgIpc) is 3.06. The van der Waals surface area contributed by atoms with Crippen molar-refractivity contribution >= 4 is 15.9 Å². The number of benzene rings is 1. The first kappa shape index (κ1) is 15.8. The van der Waals surface area contributed by atoms with Crippen LogP contribution in [-0.2, 0) is 10.0 Å². The summed E-state index contributed by atoms with van der Waals surface area (Å²) < 4.78 is 31.3. The molecule has 1 heterocycles. The molecule has 2 N–H and O–H groups in total. The van der Waals surface area contributed by atoms with Crippen LogP contribution in [-0.4, -0.2) is 27.4 Å². The Morgan fingerprint density at radius 2 is 2.05 bits per heavy atom. The maximum Gasteiger partial charge on any atom is 0.287 e. The van der Waals surface area contributed by atoms with Gasteiger partial charge in [0.25, 0.3) is 5.91 Å². The van der Waals surface area contributed by atoms with Crippen LogP contribution in [0.2, 0.25) is 0 Å². The molecule has 1 amide bonds. The highest BCUT2D eigenvalue weighted by molar-refractivity contribution is 7.89. The van der Waals surface area contributed by atoms with Gasteiger partial charge in [-0.1, -0.05) is 6.07 Å². The minimum atomic E-state index is -3.72. The van der Waals surface area contributed by atoms with Crippen molar-refractivity contribution in [2.45, 2.75) is 4.90 Å². The highest BCUT2D eigenvalue weighted by Crippen LogP contribution is 2.10. The van der Waals surface area contributed by atoms with E-state index in [1.807, 2.05) is 6.07 Å². The molecular weight excluding hydrogens is 306 g/mol. The zero-order valence-electron chi connectivity index (χ0n) is 11.4. The zero-order chi connectivity index (χ0) is 16.0. The molecule has 0 unspecified atom stereocenters. The van der Waals surface area contributed by atoms with E-state index in [-0.39, 0.29) is 29.3 Å². The van der Waals surface area contributed by atoms with E-state index in [0.717, 1.165) is 0 Å². The molecule has 0 spiro atoms. The molecule has 0 aliphatic heterocycles. The Bertz CT molecular complexity index is 792. The van der Waals surface area contributed by atoms with Gasteiger partial charge in [0.1, 0.15) is 0 Å². The van der Waals surface area contributed by atoms with Crippen molar-refractivity contribution in [1.82, 2.24) is 10.0 Å². The molecule has 0 atom stereocenters. The van der Waals surface area contributed by atoms with E-state index in [4.69, 9.17) is 9.68 Å². The van der Waals surface area contributed by atoms with E-state index in [9.17, 15) is 13.2 Å². The molecule has 7 nitrogen and oxygen atoms in total. The lowest BCUT2D eigenvalue weighted by molar-refractivity contribution is 0.0926. The normalized spacial score (nSPS) is 10.9. The maximum atomic E-state index is 12.0. The number of nitrogens with zero attached hydrogens (tertiary/aromatic N) is 1. The predicted molar refractivity (Wildman–Crippen MR) is 77.4 cm³/mol. The molecule has 0 saturated heterocycles. The molecule has 0 radical (unpaired) electrons. The molecule has 2 aromatic rings. The molecule has 0 saturated carbocycles. The van der Waals surface area contributed by atoms with Crippen LogP contribution in [0.3, 0.4) is 0 Å². The van der Waals surface area contributed by atoms with Crippen LogP contribution in [0, 0.1) is 11.3 Å². The lowest BCUT2D eigenvalue weighted by Crippen LogP contribution is -2.34. The van der Waals surface area contributed by atoms with E-state index in [2.05, 4.69) is 10.0 Å². The van der Waals surface area contributed by atoms with E-state index in [1.165, 1.54) is 36.6 Å². The summed E-state index contributed by atoms with van der Waals surface area (Å²) in [4.78, 5) is 11.6. The van der Waals surface area contributed by atoms with Gasteiger partial charge in [-0.15, -0.1) is 0 Å². The van der Waals surface area contributed by atoms with Crippen LogP contribution in [0.5, 0.6) is 0 Å². The summed E-state index contributed by atoms with van der Waals surface area (Å²) in [5.41, 5.74) is 0.258. The summed E-state index contributed by atoms with van der Waals surface area (Å²) in [6.45, 7) is 0.127. The number of nitriles is 1. The average molecular weight is 319 g/mol. The lowest BCUT2D eigenvalue weighted by atomic mass is 10.2. The minimum absolute atomic E-state index is 0.00362. The van der Waals surface area contributed by atoms with Gasteiger partial charge in [0.05, 0.1) is 22.8 Å². The molecule has 2 rings (SSSR count). The first-order chi connectivity index (χ1) is 10.5. The molecule has 0 aliphatic carbocycles. The summed E-state index contributed by atoms with van der Waals surface area (Å²) in [6, 6.07) is 10.7. The lowest BCUT2D eigenvalue weighted by Gasteiger charge is -2.07. The fourth-order valence-electron chi connectivity index (χ4n) is 1.67. The molecule has 0 aliphatic rings. The molecule has 1 aromatic heterocycles. The second kappa shape index (κ2) is 6.89. The number of carbonyl (C=O) groups excluding carboxylic acids is 1. The predicted octanol–water partition coefficient (Wildman–Crippen LogP) is 0.860. The van der Waals surface area contributed by atoms with Gasteiger partial charge in [-0.05, 0) is 30.3 Å². The van der Waals surface area contributed by atoms with Gasteiger partial charge in [0, 0.05) is 13.1 Å². The summed E-state index contributed by atoms with van der Waals surface area (Å²) in [7, 11) is -3.72. The van der Waals surface area contributed by atoms with Crippen LogP contribution < -0.4 is 10.0 Å². The topological polar surface area (TPSA) is 112 Å². The van der Waals surface area contributed by atoms with Gasteiger partial charge >= 0.3 is 0 Å². The molecular formula is C14H13N3O4S. The standard InChI is InChI=1S/C14H13N3O4S/c15-10-11-3-1-4-12(9-11)22(19,20)17-7-6-16-14(18)13-5-2-8-21-13/h1-5,8-9,17H,6-7H2,(H,16,18). The highest BCUT2D eigenvalue weighted by atomic mass is 32.2. The number of furan rings is 1. The highest BCUT2D eigenvalue weighted by Gasteiger charge is 2.14. The largest absolute Gasteiger partial charge is 0.459 e. The van der Waals surface area contributed by atoms with Crippen molar-refractivity contribution in [1.29, 1.82) is 5.26 Å². The first-order valence-corrected chi connectivity index (χ1v) is 7.83. The number of carbonyl (C=O) groups is 1. The fourth-order valence-corrected chi connectivity index (χ4v) is 2.75. The first-order valence-electron chi connectivity index (χ1n) is 6.34. The van der Waals surface area contributed by atoms with Crippen molar-refractivity contribution in [3.63, 3.8) is 0 Å².